The molecular weight excluding hydrogens is 468 g/mol. The molecule has 0 saturated heterocycles. The summed E-state index contributed by atoms with van der Waals surface area (Å²) in [5, 5.41) is 14.6. The van der Waals surface area contributed by atoms with Crippen LogP contribution in [0.1, 0.15) is 32.4 Å². The van der Waals surface area contributed by atoms with Crippen LogP contribution in [0.15, 0.2) is 24.4 Å². The van der Waals surface area contributed by atoms with Gasteiger partial charge in [-0.3, -0.25) is 9.48 Å². The van der Waals surface area contributed by atoms with E-state index >= 15 is 0 Å². The Balaban J connectivity index is 1.40. The molecule has 0 unspecified atom stereocenters. The third kappa shape index (κ3) is 7.08. The van der Waals surface area contributed by atoms with E-state index in [1.807, 2.05) is 13.1 Å². The summed E-state index contributed by atoms with van der Waals surface area (Å²) in [4.78, 5) is 26.5. The van der Waals surface area contributed by atoms with Gasteiger partial charge in [0.1, 0.15) is 12.3 Å². The van der Waals surface area contributed by atoms with Crippen LogP contribution in [-0.4, -0.2) is 77.6 Å². The molecule has 0 spiro atoms. The van der Waals surface area contributed by atoms with Crippen LogP contribution >= 0.6 is 0 Å². The number of nitrogens with zero attached hydrogens (tertiary/aromatic N) is 4. The Bertz CT molecular complexity index is 1050. The first-order valence-electron chi connectivity index (χ1n) is 12.2. The SMILES string of the molecule is C[C@@H]1COC(=O)CCCn2cc(nn2)CO[C@H](CN(C)C(=O)Nc2ccc3c(c2)OCO3)[C@H](C)CN1. The molecule has 36 heavy (non-hydrogen) atoms. The predicted octanol–water partition coefficient (Wildman–Crippen LogP) is 2.01. The fourth-order valence-electron chi connectivity index (χ4n) is 3.90. The summed E-state index contributed by atoms with van der Waals surface area (Å²) in [7, 11) is 1.73. The Morgan fingerprint density at radius 1 is 1.25 bits per heavy atom. The van der Waals surface area contributed by atoms with Crippen LogP contribution in [0, 0.1) is 5.92 Å². The van der Waals surface area contributed by atoms with E-state index in [9.17, 15) is 9.59 Å². The van der Waals surface area contributed by atoms with E-state index in [0.29, 0.717) is 62.0 Å². The minimum atomic E-state index is -0.280. The van der Waals surface area contributed by atoms with Crippen molar-refractivity contribution in [1.82, 2.24) is 25.2 Å². The summed E-state index contributed by atoms with van der Waals surface area (Å²) in [5.74, 6) is 1.08. The Kier molecular flexibility index (Phi) is 8.60. The molecule has 3 atom stereocenters. The number of cyclic esters (lactones) is 1. The number of rotatable bonds is 3. The molecule has 196 valence electrons. The summed E-state index contributed by atoms with van der Waals surface area (Å²) < 4.78 is 24.0. The van der Waals surface area contributed by atoms with E-state index in [4.69, 9.17) is 18.9 Å². The number of urea groups is 1. The zero-order chi connectivity index (χ0) is 25.5. The predicted molar refractivity (Wildman–Crippen MR) is 130 cm³/mol. The van der Waals surface area contributed by atoms with Crippen molar-refractivity contribution in [2.75, 3.05) is 38.9 Å². The number of hydrogen-bond acceptors (Lipinski definition) is 9. The van der Waals surface area contributed by atoms with Crippen LogP contribution in [0.25, 0.3) is 0 Å². The number of carbonyl (C=O) groups is 2. The van der Waals surface area contributed by atoms with Gasteiger partial charge >= 0.3 is 12.0 Å². The van der Waals surface area contributed by atoms with Gasteiger partial charge in [-0.15, -0.1) is 5.10 Å². The lowest BCUT2D eigenvalue weighted by molar-refractivity contribution is -0.144. The molecule has 2 aromatic rings. The topological polar surface area (TPSA) is 129 Å². The van der Waals surface area contributed by atoms with E-state index in [0.717, 1.165) is 0 Å². The van der Waals surface area contributed by atoms with Crippen LogP contribution in [0.5, 0.6) is 11.5 Å². The number of carbonyl (C=O) groups excluding carboxylic acids is 2. The minimum Gasteiger partial charge on any atom is -0.464 e. The number of benzene rings is 1. The first kappa shape index (κ1) is 25.7. The smallest absolute Gasteiger partial charge is 0.321 e. The Hall–Kier alpha value is -3.38. The van der Waals surface area contributed by atoms with Crippen LogP contribution in [0.2, 0.25) is 0 Å². The number of esters is 1. The molecule has 2 N–H and O–H groups in total. The first-order valence-corrected chi connectivity index (χ1v) is 12.2. The van der Waals surface area contributed by atoms with Crippen LogP contribution in [0.3, 0.4) is 0 Å². The Morgan fingerprint density at radius 2 is 2.08 bits per heavy atom. The maximum atomic E-state index is 12.9. The van der Waals surface area contributed by atoms with Gasteiger partial charge in [0.15, 0.2) is 11.5 Å². The molecule has 0 saturated carbocycles. The van der Waals surface area contributed by atoms with Crippen molar-refractivity contribution in [3.8, 4) is 11.5 Å². The number of amides is 2. The molecule has 12 heteroatoms. The summed E-state index contributed by atoms with van der Waals surface area (Å²) in [5.41, 5.74) is 1.31. The number of aryl methyl sites for hydroxylation is 1. The third-order valence-corrected chi connectivity index (χ3v) is 6.14. The number of ether oxygens (including phenoxy) is 4. The van der Waals surface area contributed by atoms with Gasteiger partial charge in [0.2, 0.25) is 6.79 Å². The lowest BCUT2D eigenvalue weighted by Crippen LogP contribution is -2.44. The Labute approximate surface area is 210 Å². The number of hydrogen-bond donors (Lipinski definition) is 2. The number of likely N-dealkylation sites (N-methyl/N-ethyl adjacent to an activating group) is 1. The number of nitrogens with one attached hydrogen (secondary N) is 2. The molecule has 1 aromatic heterocycles. The molecule has 0 fully saturated rings. The average Bonchev–Trinajstić information content (AvgIpc) is 3.52. The van der Waals surface area contributed by atoms with E-state index in [1.54, 1.807) is 34.8 Å². The first-order chi connectivity index (χ1) is 17.4. The molecule has 12 nitrogen and oxygen atoms in total. The van der Waals surface area contributed by atoms with Gasteiger partial charge in [-0.25, -0.2) is 4.79 Å². The number of aromatic nitrogens is 3. The van der Waals surface area contributed by atoms with Gasteiger partial charge in [-0.2, -0.15) is 0 Å². The Morgan fingerprint density at radius 3 is 2.94 bits per heavy atom. The highest BCUT2D eigenvalue weighted by Gasteiger charge is 2.24. The van der Waals surface area contributed by atoms with Gasteiger partial charge in [-0.1, -0.05) is 12.1 Å². The second-order valence-electron chi connectivity index (χ2n) is 9.27. The molecule has 2 bridgehead atoms. The van der Waals surface area contributed by atoms with Crippen molar-refractivity contribution < 1.29 is 28.5 Å². The van der Waals surface area contributed by atoms with Crippen molar-refractivity contribution in [1.29, 1.82) is 0 Å². The summed E-state index contributed by atoms with van der Waals surface area (Å²) >= 11 is 0. The highest BCUT2D eigenvalue weighted by atomic mass is 16.7. The molecule has 2 aliphatic rings. The fourth-order valence-corrected chi connectivity index (χ4v) is 3.90. The van der Waals surface area contributed by atoms with E-state index in [1.165, 1.54) is 0 Å². The molecule has 0 aliphatic carbocycles. The number of anilines is 1. The molecule has 1 aromatic carbocycles. The minimum absolute atomic E-state index is 0.00960. The van der Waals surface area contributed by atoms with Gasteiger partial charge in [0.25, 0.3) is 0 Å². The molecule has 2 amide bonds. The number of fused-ring (bicyclic) bond motifs is 3. The normalized spacial score (nSPS) is 23.1. The van der Waals surface area contributed by atoms with Gasteiger partial charge in [0.05, 0.1) is 18.9 Å². The van der Waals surface area contributed by atoms with Gasteiger partial charge < -0.3 is 34.5 Å². The second kappa shape index (κ2) is 12.0. The highest BCUT2D eigenvalue weighted by molar-refractivity contribution is 5.89. The molecule has 3 heterocycles. The van der Waals surface area contributed by atoms with Gasteiger partial charge in [-0.05, 0) is 31.4 Å². The monoisotopic (exact) mass is 502 g/mol. The van der Waals surface area contributed by atoms with Gasteiger partial charge in [0, 0.05) is 50.9 Å². The van der Waals surface area contributed by atoms with Crippen molar-refractivity contribution in [2.45, 2.75) is 52.0 Å². The average molecular weight is 503 g/mol. The zero-order valence-corrected chi connectivity index (χ0v) is 20.9. The maximum absolute atomic E-state index is 12.9. The second-order valence-corrected chi connectivity index (χ2v) is 9.27. The molecule has 2 aliphatic heterocycles. The van der Waals surface area contributed by atoms with Crippen molar-refractivity contribution >= 4 is 17.7 Å². The zero-order valence-electron chi connectivity index (χ0n) is 20.9. The van der Waals surface area contributed by atoms with Crippen molar-refractivity contribution in [2.24, 2.45) is 5.92 Å². The summed E-state index contributed by atoms with van der Waals surface area (Å²) in [6, 6.07) is 5.00. The van der Waals surface area contributed by atoms with E-state index < -0.39 is 0 Å². The van der Waals surface area contributed by atoms with Crippen LogP contribution in [0.4, 0.5) is 10.5 Å². The van der Waals surface area contributed by atoms with E-state index in [-0.39, 0.29) is 43.5 Å². The largest absolute Gasteiger partial charge is 0.464 e. The summed E-state index contributed by atoms with van der Waals surface area (Å²) in [6.45, 7) is 6.31. The molecular formula is C24H34N6O6. The molecule has 4 rings (SSSR count). The van der Waals surface area contributed by atoms with E-state index in [2.05, 4.69) is 27.9 Å². The maximum Gasteiger partial charge on any atom is 0.321 e. The van der Waals surface area contributed by atoms with Crippen LogP contribution < -0.4 is 20.1 Å². The lowest BCUT2D eigenvalue weighted by Gasteiger charge is -2.30. The fraction of sp³-hybridized carbons (Fsp3) is 0.583. The quantitative estimate of drug-likeness (QED) is 0.606. The standard InChI is InChI=1S/C24H34N6O6/c1-16-10-25-17(2)13-34-23(31)5-4-8-30-11-19(27-28-30)14-33-22(16)12-29(3)24(32)26-18-6-7-20-21(9-18)36-15-35-20/h6-7,9,11,16-17,22,25H,4-5,8,10,12-15H2,1-3H3,(H,26,32)/t16-,17-,22-/m1/s1. The van der Waals surface area contributed by atoms with Crippen molar-refractivity contribution in [3.05, 3.63) is 30.1 Å². The molecule has 0 radical (unpaired) electrons. The lowest BCUT2D eigenvalue weighted by atomic mass is 10.0. The van der Waals surface area contributed by atoms with Crippen molar-refractivity contribution in [3.63, 3.8) is 0 Å². The highest BCUT2D eigenvalue weighted by Crippen LogP contribution is 2.34. The summed E-state index contributed by atoms with van der Waals surface area (Å²) in [6.07, 6.45) is 2.48. The van der Waals surface area contributed by atoms with Crippen LogP contribution in [-0.2, 0) is 27.4 Å². The third-order valence-electron chi connectivity index (χ3n) is 6.14.